The number of hydrogen-bond acceptors (Lipinski definition) is 2. The Morgan fingerprint density at radius 2 is 1.95 bits per heavy atom. The van der Waals surface area contributed by atoms with Gasteiger partial charge in [0.15, 0.2) is 0 Å². The van der Waals surface area contributed by atoms with Gasteiger partial charge in [0.2, 0.25) is 0 Å². The summed E-state index contributed by atoms with van der Waals surface area (Å²) in [6.07, 6.45) is 3.05. The van der Waals surface area contributed by atoms with E-state index in [-0.39, 0.29) is 0 Å². The van der Waals surface area contributed by atoms with Gasteiger partial charge in [-0.2, -0.15) is 13.2 Å². The molecular weight excluding hydrogens is 265 g/mol. The van der Waals surface area contributed by atoms with E-state index in [1.807, 2.05) is 11.8 Å². The molecule has 5 heteroatoms. The third-order valence-electron chi connectivity index (χ3n) is 3.98. The van der Waals surface area contributed by atoms with Crippen molar-refractivity contribution >= 4 is 5.82 Å². The second-order valence-electron chi connectivity index (χ2n) is 5.44. The van der Waals surface area contributed by atoms with Crippen LogP contribution in [0.15, 0.2) is 18.3 Å². The van der Waals surface area contributed by atoms with Gasteiger partial charge in [0.1, 0.15) is 5.82 Å². The Hall–Kier alpha value is -1.26. The molecule has 112 valence electrons. The summed E-state index contributed by atoms with van der Waals surface area (Å²) >= 11 is 0. The molecule has 0 amide bonds. The first-order chi connectivity index (χ1) is 9.50. The van der Waals surface area contributed by atoms with Gasteiger partial charge in [-0.05, 0) is 37.8 Å². The highest BCUT2D eigenvalue weighted by atomic mass is 19.4. The lowest BCUT2D eigenvalue weighted by molar-refractivity contribution is -0.137. The van der Waals surface area contributed by atoms with Crippen LogP contribution in [0.3, 0.4) is 0 Å². The van der Waals surface area contributed by atoms with Gasteiger partial charge < -0.3 is 4.90 Å². The van der Waals surface area contributed by atoms with Crippen molar-refractivity contribution in [1.29, 1.82) is 0 Å². The molecule has 1 aliphatic rings. The highest BCUT2D eigenvalue weighted by molar-refractivity contribution is 5.41. The lowest BCUT2D eigenvalue weighted by Gasteiger charge is -2.30. The quantitative estimate of drug-likeness (QED) is 0.809. The Bertz CT molecular complexity index is 425. The minimum atomic E-state index is -4.30. The summed E-state index contributed by atoms with van der Waals surface area (Å²) < 4.78 is 38.2. The normalized spacial score (nSPS) is 17.2. The highest BCUT2D eigenvalue weighted by Crippen LogP contribution is 2.31. The highest BCUT2D eigenvalue weighted by Gasteiger charge is 2.31. The Balaban J connectivity index is 2.10. The molecule has 1 aliphatic carbocycles. The van der Waals surface area contributed by atoms with Gasteiger partial charge in [0.05, 0.1) is 5.56 Å². The molecule has 0 bridgehead atoms. The van der Waals surface area contributed by atoms with Crippen LogP contribution in [-0.4, -0.2) is 18.1 Å². The van der Waals surface area contributed by atoms with E-state index in [9.17, 15) is 13.2 Å². The molecule has 0 unspecified atom stereocenters. The standard InChI is InChI=1S/C15H21F3N2/c1-2-20(11-12-6-4-3-5-7-12)14-10-13(8-9-19-14)15(16,17)18/h8-10,12H,2-7,11H2,1H3. The Morgan fingerprint density at radius 3 is 2.55 bits per heavy atom. The Morgan fingerprint density at radius 1 is 1.25 bits per heavy atom. The van der Waals surface area contributed by atoms with Crippen molar-refractivity contribution in [3.8, 4) is 0 Å². The van der Waals surface area contributed by atoms with E-state index >= 15 is 0 Å². The zero-order valence-electron chi connectivity index (χ0n) is 11.8. The zero-order chi connectivity index (χ0) is 14.6. The van der Waals surface area contributed by atoms with Crippen LogP contribution in [0, 0.1) is 5.92 Å². The number of anilines is 1. The molecule has 1 aromatic rings. The number of nitrogens with zero attached hydrogens (tertiary/aromatic N) is 2. The van der Waals surface area contributed by atoms with Gasteiger partial charge in [-0.15, -0.1) is 0 Å². The first-order valence-electron chi connectivity index (χ1n) is 7.29. The summed E-state index contributed by atoms with van der Waals surface area (Å²) in [4.78, 5) is 6.08. The Labute approximate surface area is 118 Å². The molecule has 0 aliphatic heterocycles. The van der Waals surface area contributed by atoms with Gasteiger partial charge in [0, 0.05) is 19.3 Å². The molecule has 0 aromatic carbocycles. The first kappa shape index (κ1) is 15.1. The minimum Gasteiger partial charge on any atom is -0.357 e. The number of rotatable bonds is 4. The predicted molar refractivity (Wildman–Crippen MR) is 73.7 cm³/mol. The first-order valence-corrected chi connectivity index (χ1v) is 7.29. The van der Waals surface area contributed by atoms with Crippen molar-refractivity contribution in [3.05, 3.63) is 23.9 Å². The van der Waals surface area contributed by atoms with Crippen molar-refractivity contribution in [3.63, 3.8) is 0 Å². The fourth-order valence-electron chi connectivity index (χ4n) is 2.83. The maximum absolute atomic E-state index is 12.7. The maximum atomic E-state index is 12.7. The van der Waals surface area contributed by atoms with E-state index in [4.69, 9.17) is 0 Å². The third-order valence-corrected chi connectivity index (χ3v) is 3.98. The number of hydrogen-bond donors (Lipinski definition) is 0. The summed E-state index contributed by atoms with van der Waals surface area (Å²) in [5.41, 5.74) is -0.621. The molecule has 1 saturated carbocycles. The summed E-state index contributed by atoms with van der Waals surface area (Å²) in [6.45, 7) is 3.46. The SMILES string of the molecule is CCN(CC1CCCCC1)c1cc(C(F)(F)F)ccn1. The molecule has 0 N–H and O–H groups in total. The average molecular weight is 286 g/mol. The van der Waals surface area contributed by atoms with E-state index in [0.717, 1.165) is 18.7 Å². The number of aromatic nitrogens is 1. The molecule has 0 atom stereocenters. The molecule has 1 fully saturated rings. The van der Waals surface area contributed by atoms with Gasteiger partial charge >= 0.3 is 6.18 Å². The molecule has 20 heavy (non-hydrogen) atoms. The predicted octanol–water partition coefficient (Wildman–Crippen LogP) is 4.51. The van der Waals surface area contributed by atoms with Crippen molar-refractivity contribution in [2.24, 2.45) is 5.92 Å². The molecule has 0 radical (unpaired) electrons. The van der Waals surface area contributed by atoms with Crippen molar-refractivity contribution in [2.75, 3.05) is 18.0 Å². The van der Waals surface area contributed by atoms with E-state index in [1.54, 1.807) is 0 Å². The fraction of sp³-hybridized carbons (Fsp3) is 0.667. The summed E-state index contributed by atoms with van der Waals surface area (Å²) in [6, 6.07) is 2.18. The molecule has 2 rings (SSSR count). The van der Waals surface area contributed by atoms with Crippen molar-refractivity contribution < 1.29 is 13.2 Å². The van der Waals surface area contributed by atoms with Gasteiger partial charge in [0.25, 0.3) is 0 Å². The lowest BCUT2D eigenvalue weighted by atomic mass is 9.89. The van der Waals surface area contributed by atoms with Crippen LogP contribution < -0.4 is 4.90 Å². The van der Waals surface area contributed by atoms with E-state index in [2.05, 4.69) is 4.98 Å². The van der Waals surface area contributed by atoms with Crippen LogP contribution in [0.25, 0.3) is 0 Å². The van der Waals surface area contributed by atoms with Crippen molar-refractivity contribution in [1.82, 2.24) is 4.98 Å². The summed E-state index contributed by atoms with van der Waals surface area (Å²) in [5.74, 6) is 1.02. The molecule has 0 saturated heterocycles. The summed E-state index contributed by atoms with van der Waals surface area (Å²) in [5, 5.41) is 0. The molecule has 1 aromatic heterocycles. The largest absolute Gasteiger partial charge is 0.416 e. The molecule has 2 nitrogen and oxygen atoms in total. The molecular formula is C15H21F3N2. The van der Waals surface area contributed by atoms with E-state index in [0.29, 0.717) is 18.3 Å². The smallest absolute Gasteiger partial charge is 0.357 e. The second-order valence-corrected chi connectivity index (χ2v) is 5.44. The lowest BCUT2D eigenvalue weighted by Crippen LogP contribution is -2.31. The van der Waals surface area contributed by atoms with Crippen LogP contribution >= 0.6 is 0 Å². The van der Waals surface area contributed by atoms with Crippen LogP contribution in [0.4, 0.5) is 19.0 Å². The van der Waals surface area contributed by atoms with Crippen molar-refractivity contribution in [2.45, 2.75) is 45.2 Å². The van der Waals surface area contributed by atoms with E-state index < -0.39 is 11.7 Å². The average Bonchev–Trinajstić information content (AvgIpc) is 2.45. The summed E-state index contributed by atoms with van der Waals surface area (Å²) in [7, 11) is 0. The monoisotopic (exact) mass is 286 g/mol. The number of halogens is 3. The minimum absolute atomic E-state index is 0.438. The Kier molecular flexibility index (Phi) is 4.89. The third kappa shape index (κ3) is 3.87. The van der Waals surface area contributed by atoms with Gasteiger partial charge in [-0.1, -0.05) is 19.3 Å². The number of alkyl halides is 3. The zero-order valence-corrected chi connectivity index (χ0v) is 11.8. The van der Waals surface area contributed by atoms with Gasteiger partial charge in [-0.25, -0.2) is 4.98 Å². The van der Waals surface area contributed by atoms with Crippen LogP contribution in [-0.2, 0) is 6.18 Å². The van der Waals surface area contributed by atoms with E-state index in [1.165, 1.54) is 38.3 Å². The van der Waals surface area contributed by atoms with Crippen LogP contribution in [0.2, 0.25) is 0 Å². The maximum Gasteiger partial charge on any atom is 0.416 e. The van der Waals surface area contributed by atoms with Gasteiger partial charge in [-0.3, -0.25) is 0 Å². The fourth-order valence-corrected chi connectivity index (χ4v) is 2.83. The topological polar surface area (TPSA) is 16.1 Å². The van der Waals surface area contributed by atoms with Crippen LogP contribution in [0.1, 0.15) is 44.6 Å². The second kappa shape index (κ2) is 6.46. The number of pyridine rings is 1. The van der Waals surface area contributed by atoms with Crippen LogP contribution in [0.5, 0.6) is 0 Å². The molecule has 1 heterocycles. The molecule has 0 spiro atoms.